The van der Waals surface area contributed by atoms with E-state index in [-0.39, 0.29) is 11.9 Å². The zero-order valence-electron chi connectivity index (χ0n) is 18.1. The van der Waals surface area contributed by atoms with Crippen LogP contribution in [0.15, 0.2) is 54.6 Å². The molecule has 31 heavy (non-hydrogen) atoms. The smallest absolute Gasteiger partial charge is 0.319 e. The van der Waals surface area contributed by atoms with Gasteiger partial charge in [-0.05, 0) is 56.5 Å². The summed E-state index contributed by atoms with van der Waals surface area (Å²) in [6.07, 6.45) is 2.25. The summed E-state index contributed by atoms with van der Waals surface area (Å²) in [4.78, 5) is 28.1. The van der Waals surface area contributed by atoms with Gasteiger partial charge in [0.15, 0.2) is 0 Å². The summed E-state index contributed by atoms with van der Waals surface area (Å²) in [7, 11) is 0. The van der Waals surface area contributed by atoms with Crippen molar-refractivity contribution in [3.63, 3.8) is 0 Å². The van der Waals surface area contributed by atoms with Gasteiger partial charge in [-0.2, -0.15) is 0 Å². The van der Waals surface area contributed by atoms with E-state index in [1.807, 2.05) is 30.3 Å². The molecular weight excluding hydrogens is 412 g/mol. The standard InChI is InChI=1S/C24H31ClN4O2/c1-17(2)29-14-12-21(13-15-29)26-23(30)22(16-18-6-4-3-5-7-18)28-24(31)27-20-10-8-19(25)9-11-20/h3-11,17,21-22H,12-16H2,1-2H3,(H,26,30)(H2,27,28,31)/t22-/m0/s1. The number of benzene rings is 2. The number of urea groups is 1. The van der Waals surface area contributed by atoms with E-state index in [2.05, 4.69) is 34.7 Å². The third-order valence-corrected chi connectivity index (χ3v) is 5.86. The highest BCUT2D eigenvalue weighted by atomic mass is 35.5. The number of anilines is 1. The van der Waals surface area contributed by atoms with Gasteiger partial charge < -0.3 is 20.9 Å². The molecule has 0 bridgehead atoms. The predicted octanol–water partition coefficient (Wildman–Crippen LogP) is 4.06. The van der Waals surface area contributed by atoms with Crippen molar-refractivity contribution in [3.05, 3.63) is 65.2 Å². The van der Waals surface area contributed by atoms with Gasteiger partial charge in [-0.1, -0.05) is 41.9 Å². The van der Waals surface area contributed by atoms with Crippen molar-refractivity contribution in [2.24, 2.45) is 0 Å². The van der Waals surface area contributed by atoms with Gasteiger partial charge in [0.25, 0.3) is 0 Å². The van der Waals surface area contributed by atoms with Crippen LogP contribution in [0.25, 0.3) is 0 Å². The van der Waals surface area contributed by atoms with Crippen molar-refractivity contribution in [3.8, 4) is 0 Å². The van der Waals surface area contributed by atoms with E-state index in [0.29, 0.717) is 23.2 Å². The summed E-state index contributed by atoms with van der Waals surface area (Å²) in [6.45, 7) is 6.32. The van der Waals surface area contributed by atoms with Gasteiger partial charge in [0.2, 0.25) is 5.91 Å². The summed E-state index contributed by atoms with van der Waals surface area (Å²) in [5.74, 6) is -0.155. The molecule has 0 spiro atoms. The molecule has 3 rings (SSSR count). The molecule has 1 aliphatic heterocycles. The van der Waals surface area contributed by atoms with Crippen LogP contribution in [-0.2, 0) is 11.2 Å². The predicted molar refractivity (Wildman–Crippen MR) is 125 cm³/mol. The average molecular weight is 443 g/mol. The third-order valence-electron chi connectivity index (χ3n) is 5.61. The lowest BCUT2D eigenvalue weighted by atomic mass is 10.0. The Morgan fingerprint density at radius 2 is 1.68 bits per heavy atom. The SMILES string of the molecule is CC(C)N1CCC(NC(=O)[C@H](Cc2ccccc2)NC(=O)Nc2ccc(Cl)cc2)CC1. The second-order valence-corrected chi connectivity index (χ2v) is 8.70. The molecule has 0 radical (unpaired) electrons. The number of carbonyl (C=O) groups excluding carboxylic acids is 2. The molecular formula is C24H31ClN4O2. The molecule has 1 saturated heterocycles. The van der Waals surface area contributed by atoms with Crippen LogP contribution >= 0.6 is 11.6 Å². The highest BCUT2D eigenvalue weighted by molar-refractivity contribution is 6.30. The first kappa shape index (κ1) is 23.1. The normalized spacial score (nSPS) is 16.0. The molecule has 7 heteroatoms. The van der Waals surface area contributed by atoms with Crippen LogP contribution < -0.4 is 16.0 Å². The minimum absolute atomic E-state index is 0.127. The fraction of sp³-hybridized carbons (Fsp3) is 0.417. The molecule has 3 N–H and O–H groups in total. The largest absolute Gasteiger partial charge is 0.351 e. The first-order valence-electron chi connectivity index (χ1n) is 10.8. The Hall–Kier alpha value is -2.57. The van der Waals surface area contributed by atoms with Gasteiger partial charge in [0.1, 0.15) is 6.04 Å². The fourth-order valence-electron chi connectivity index (χ4n) is 3.78. The second kappa shape index (κ2) is 11.2. The van der Waals surface area contributed by atoms with E-state index in [1.54, 1.807) is 24.3 Å². The Bertz CT molecular complexity index is 850. The highest BCUT2D eigenvalue weighted by Crippen LogP contribution is 2.15. The molecule has 2 aromatic rings. The zero-order valence-corrected chi connectivity index (χ0v) is 18.9. The van der Waals surface area contributed by atoms with Crippen molar-refractivity contribution in [2.45, 2.75) is 51.2 Å². The number of hydrogen-bond donors (Lipinski definition) is 3. The van der Waals surface area contributed by atoms with Crippen molar-refractivity contribution in [1.29, 1.82) is 0 Å². The minimum Gasteiger partial charge on any atom is -0.351 e. The van der Waals surface area contributed by atoms with Crippen molar-refractivity contribution in [2.75, 3.05) is 18.4 Å². The van der Waals surface area contributed by atoms with E-state index in [0.717, 1.165) is 31.5 Å². The van der Waals surface area contributed by atoms with Crippen LogP contribution in [0.1, 0.15) is 32.3 Å². The van der Waals surface area contributed by atoms with Gasteiger partial charge in [0.05, 0.1) is 0 Å². The van der Waals surface area contributed by atoms with Gasteiger partial charge in [-0.25, -0.2) is 4.79 Å². The number of hydrogen-bond acceptors (Lipinski definition) is 3. The number of amides is 3. The number of likely N-dealkylation sites (tertiary alicyclic amines) is 1. The molecule has 3 amide bonds. The van der Waals surface area contributed by atoms with E-state index in [9.17, 15) is 9.59 Å². The number of nitrogens with one attached hydrogen (secondary N) is 3. The lowest BCUT2D eigenvalue weighted by molar-refractivity contribution is -0.123. The molecule has 166 valence electrons. The summed E-state index contributed by atoms with van der Waals surface area (Å²) in [5, 5.41) is 9.35. The molecule has 1 atom stereocenters. The fourth-order valence-corrected chi connectivity index (χ4v) is 3.91. The van der Waals surface area contributed by atoms with E-state index < -0.39 is 12.1 Å². The third kappa shape index (κ3) is 7.26. The van der Waals surface area contributed by atoms with Crippen LogP contribution in [0, 0.1) is 0 Å². The molecule has 6 nitrogen and oxygen atoms in total. The average Bonchev–Trinajstić information content (AvgIpc) is 2.76. The summed E-state index contributed by atoms with van der Waals surface area (Å²) >= 11 is 5.90. The molecule has 0 saturated carbocycles. The number of piperidine rings is 1. The van der Waals surface area contributed by atoms with Crippen molar-refractivity contribution < 1.29 is 9.59 Å². The Labute approximate surface area is 189 Å². The molecule has 2 aromatic carbocycles. The maximum absolute atomic E-state index is 13.1. The Morgan fingerprint density at radius 3 is 2.29 bits per heavy atom. The van der Waals surface area contributed by atoms with Crippen LogP contribution in [0.2, 0.25) is 5.02 Å². The lowest BCUT2D eigenvalue weighted by Gasteiger charge is -2.35. The molecule has 0 aliphatic carbocycles. The monoisotopic (exact) mass is 442 g/mol. The van der Waals surface area contributed by atoms with Crippen LogP contribution in [0.4, 0.5) is 10.5 Å². The quantitative estimate of drug-likeness (QED) is 0.605. The number of carbonyl (C=O) groups is 2. The van der Waals surface area contributed by atoms with Gasteiger partial charge in [-0.15, -0.1) is 0 Å². The minimum atomic E-state index is -0.669. The Balaban J connectivity index is 1.62. The van der Waals surface area contributed by atoms with Crippen molar-refractivity contribution >= 4 is 29.2 Å². The molecule has 1 aliphatic rings. The first-order valence-corrected chi connectivity index (χ1v) is 11.2. The van der Waals surface area contributed by atoms with Gasteiger partial charge in [-0.3, -0.25) is 4.79 Å². The highest BCUT2D eigenvalue weighted by Gasteiger charge is 2.26. The summed E-state index contributed by atoms with van der Waals surface area (Å²) in [6, 6.07) is 16.1. The number of nitrogens with zero attached hydrogens (tertiary/aromatic N) is 1. The van der Waals surface area contributed by atoms with Crippen LogP contribution in [0.5, 0.6) is 0 Å². The lowest BCUT2D eigenvalue weighted by Crippen LogP contribution is -2.54. The second-order valence-electron chi connectivity index (χ2n) is 8.26. The molecule has 0 aromatic heterocycles. The Morgan fingerprint density at radius 1 is 1.03 bits per heavy atom. The summed E-state index contributed by atoms with van der Waals surface area (Å²) < 4.78 is 0. The Kier molecular flexibility index (Phi) is 8.32. The van der Waals surface area contributed by atoms with E-state index >= 15 is 0 Å². The molecule has 0 unspecified atom stereocenters. The van der Waals surface area contributed by atoms with Crippen molar-refractivity contribution in [1.82, 2.24) is 15.5 Å². The van der Waals surface area contributed by atoms with Crippen LogP contribution in [0.3, 0.4) is 0 Å². The van der Waals surface area contributed by atoms with Crippen LogP contribution in [-0.4, -0.2) is 48.1 Å². The summed E-state index contributed by atoms with van der Waals surface area (Å²) in [5.41, 5.74) is 1.60. The van der Waals surface area contributed by atoms with Gasteiger partial charge in [0, 0.05) is 42.3 Å². The van der Waals surface area contributed by atoms with E-state index in [4.69, 9.17) is 11.6 Å². The number of rotatable bonds is 7. The first-order chi connectivity index (χ1) is 14.9. The molecule has 1 fully saturated rings. The van der Waals surface area contributed by atoms with Gasteiger partial charge >= 0.3 is 6.03 Å². The topological polar surface area (TPSA) is 73.5 Å². The maximum Gasteiger partial charge on any atom is 0.319 e. The number of halogens is 1. The zero-order chi connectivity index (χ0) is 22.2. The maximum atomic E-state index is 13.1. The molecule has 1 heterocycles. The van der Waals surface area contributed by atoms with E-state index in [1.165, 1.54) is 0 Å².